The quantitative estimate of drug-likeness (QED) is 0.420. The molecule has 0 atom stereocenters. The molecule has 6 nitrogen and oxygen atoms in total. The second-order valence-corrected chi connectivity index (χ2v) is 6.45. The van der Waals surface area contributed by atoms with Gasteiger partial charge >= 0.3 is 0 Å². The van der Waals surface area contributed by atoms with E-state index in [2.05, 4.69) is 4.98 Å². The number of hydrogen-bond donors (Lipinski definition) is 1. The van der Waals surface area contributed by atoms with Crippen LogP contribution in [0.4, 0.5) is 0 Å². The molecule has 2 heterocycles. The van der Waals surface area contributed by atoms with E-state index in [9.17, 15) is 19.5 Å². The summed E-state index contributed by atoms with van der Waals surface area (Å²) in [7, 11) is 0. The van der Waals surface area contributed by atoms with Crippen molar-refractivity contribution in [1.29, 1.82) is 0 Å². The summed E-state index contributed by atoms with van der Waals surface area (Å²) in [5.41, 5.74) is 0.0696. The zero-order valence-electron chi connectivity index (χ0n) is 15.3. The fourth-order valence-electron chi connectivity index (χ4n) is 3.26. The number of fused-ring (bicyclic) bond motifs is 1. The molecule has 142 valence electrons. The van der Waals surface area contributed by atoms with E-state index in [0.717, 1.165) is 0 Å². The number of para-hydroxylation sites is 2. The second kappa shape index (κ2) is 7.52. The smallest absolute Gasteiger partial charge is 0.270 e. The Balaban J connectivity index is 1.88. The van der Waals surface area contributed by atoms with E-state index in [-0.39, 0.29) is 5.69 Å². The number of Topliss-reactive ketones (excluding diaryl/α,β-unsaturated/α-hetero) is 2. The van der Waals surface area contributed by atoms with Crippen LogP contribution in [0.25, 0.3) is 16.6 Å². The molecule has 4 aromatic rings. The molecule has 0 bridgehead atoms. The molecular weight excluding hydrogens is 368 g/mol. The summed E-state index contributed by atoms with van der Waals surface area (Å²) >= 11 is 0. The van der Waals surface area contributed by atoms with Crippen LogP contribution in [0, 0.1) is 0 Å². The maximum Gasteiger partial charge on any atom is 0.270 e. The van der Waals surface area contributed by atoms with Gasteiger partial charge in [0.2, 0.25) is 0 Å². The Morgan fingerprint density at radius 3 is 2.28 bits per heavy atom. The number of pyridine rings is 2. The van der Waals surface area contributed by atoms with E-state index in [4.69, 9.17) is 0 Å². The van der Waals surface area contributed by atoms with Crippen LogP contribution < -0.4 is 5.56 Å². The molecule has 4 rings (SSSR count). The van der Waals surface area contributed by atoms with Crippen molar-refractivity contribution in [2.24, 2.45) is 0 Å². The lowest BCUT2D eigenvalue weighted by Crippen LogP contribution is -2.27. The fourth-order valence-corrected chi connectivity index (χ4v) is 3.26. The van der Waals surface area contributed by atoms with Crippen molar-refractivity contribution in [3.05, 3.63) is 101 Å². The maximum atomic E-state index is 13.2. The van der Waals surface area contributed by atoms with Gasteiger partial charge in [-0.05, 0) is 36.4 Å². The molecule has 29 heavy (non-hydrogen) atoms. The third-order valence-corrected chi connectivity index (χ3v) is 4.62. The normalized spacial score (nSPS) is 10.8. The SMILES string of the molecule is O=C(CC(=O)c1c(O)c2ccccc2n(-c2ccccc2)c1=O)c1ccccn1. The highest BCUT2D eigenvalue weighted by Crippen LogP contribution is 2.28. The molecule has 0 aliphatic carbocycles. The first-order valence-electron chi connectivity index (χ1n) is 8.97. The molecule has 0 unspecified atom stereocenters. The minimum Gasteiger partial charge on any atom is -0.506 e. The van der Waals surface area contributed by atoms with Crippen molar-refractivity contribution in [2.75, 3.05) is 0 Å². The molecule has 1 N–H and O–H groups in total. The van der Waals surface area contributed by atoms with E-state index in [1.54, 1.807) is 60.7 Å². The number of nitrogens with zero attached hydrogens (tertiary/aromatic N) is 2. The Bertz CT molecular complexity index is 1280. The summed E-state index contributed by atoms with van der Waals surface area (Å²) < 4.78 is 1.37. The average molecular weight is 384 g/mol. The van der Waals surface area contributed by atoms with Crippen molar-refractivity contribution in [2.45, 2.75) is 6.42 Å². The van der Waals surface area contributed by atoms with Crippen LogP contribution in [0.5, 0.6) is 5.75 Å². The van der Waals surface area contributed by atoms with Crippen molar-refractivity contribution in [1.82, 2.24) is 9.55 Å². The van der Waals surface area contributed by atoms with Crippen molar-refractivity contribution < 1.29 is 14.7 Å². The lowest BCUT2D eigenvalue weighted by molar-refractivity contribution is 0.0889. The lowest BCUT2D eigenvalue weighted by Gasteiger charge is -2.14. The van der Waals surface area contributed by atoms with E-state index < -0.39 is 34.9 Å². The number of benzene rings is 2. The van der Waals surface area contributed by atoms with Crippen LogP contribution in [0.2, 0.25) is 0 Å². The average Bonchev–Trinajstić information content (AvgIpc) is 2.75. The molecule has 0 fully saturated rings. The number of carbonyl (C=O) groups excluding carboxylic acids is 2. The number of rotatable bonds is 5. The van der Waals surface area contributed by atoms with Crippen molar-refractivity contribution >= 4 is 22.5 Å². The Labute approximate surface area is 165 Å². The van der Waals surface area contributed by atoms with Crippen molar-refractivity contribution in [3.8, 4) is 11.4 Å². The van der Waals surface area contributed by atoms with Crippen molar-refractivity contribution in [3.63, 3.8) is 0 Å². The first-order chi connectivity index (χ1) is 14.1. The zero-order chi connectivity index (χ0) is 20.4. The monoisotopic (exact) mass is 384 g/mol. The standard InChI is InChI=1S/C23H16N2O4/c26-19(17-11-6-7-13-24-17)14-20(27)21-22(28)16-10-4-5-12-18(16)25(23(21)29)15-8-2-1-3-9-15/h1-13,28H,14H2. The van der Waals surface area contributed by atoms with Crippen LogP contribution in [-0.4, -0.2) is 26.2 Å². The molecule has 0 saturated carbocycles. The topological polar surface area (TPSA) is 89.3 Å². The maximum absolute atomic E-state index is 13.2. The molecule has 2 aromatic heterocycles. The second-order valence-electron chi connectivity index (χ2n) is 6.45. The van der Waals surface area contributed by atoms with Gasteiger partial charge in [-0.1, -0.05) is 36.4 Å². The van der Waals surface area contributed by atoms with Crippen LogP contribution in [-0.2, 0) is 0 Å². The molecule has 0 spiro atoms. The minimum atomic E-state index is -0.751. The molecule has 2 aromatic carbocycles. The molecule has 0 aliphatic rings. The van der Waals surface area contributed by atoms with E-state index >= 15 is 0 Å². The molecule has 0 aliphatic heterocycles. The predicted molar refractivity (Wildman–Crippen MR) is 109 cm³/mol. The van der Waals surface area contributed by atoms with Gasteiger partial charge in [-0.25, -0.2) is 0 Å². The third kappa shape index (κ3) is 3.32. The zero-order valence-corrected chi connectivity index (χ0v) is 15.3. The van der Waals surface area contributed by atoms with Gasteiger partial charge in [0.15, 0.2) is 11.6 Å². The van der Waals surface area contributed by atoms with Crippen LogP contribution in [0.15, 0.2) is 83.8 Å². The van der Waals surface area contributed by atoms with Gasteiger partial charge < -0.3 is 5.11 Å². The van der Waals surface area contributed by atoms with Gasteiger partial charge in [-0.2, -0.15) is 0 Å². The van der Waals surface area contributed by atoms with Crippen LogP contribution >= 0.6 is 0 Å². The summed E-state index contributed by atoms with van der Waals surface area (Å²) in [6.07, 6.45) is 0.889. The largest absolute Gasteiger partial charge is 0.506 e. The van der Waals surface area contributed by atoms with Gasteiger partial charge in [0, 0.05) is 17.3 Å². The highest BCUT2D eigenvalue weighted by Gasteiger charge is 2.25. The number of hydrogen-bond acceptors (Lipinski definition) is 5. The summed E-state index contributed by atoms with van der Waals surface area (Å²) in [5, 5.41) is 11.0. The highest BCUT2D eigenvalue weighted by molar-refractivity contribution is 6.15. The number of aromatic nitrogens is 2. The first kappa shape index (κ1) is 18.3. The van der Waals surface area contributed by atoms with Crippen LogP contribution in [0.3, 0.4) is 0 Å². The molecule has 0 radical (unpaired) electrons. The summed E-state index contributed by atoms with van der Waals surface area (Å²) in [6.45, 7) is 0. The first-order valence-corrected chi connectivity index (χ1v) is 8.97. The highest BCUT2D eigenvalue weighted by atomic mass is 16.3. The van der Waals surface area contributed by atoms with Crippen LogP contribution in [0.1, 0.15) is 27.3 Å². The van der Waals surface area contributed by atoms with E-state index in [1.807, 2.05) is 6.07 Å². The van der Waals surface area contributed by atoms with Gasteiger partial charge in [0.1, 0.15) is 17.0 Å². The van der Waals surface area contributed by atoms with Gasteiger partial charge in [0.25, 0.3) is 5.56 Å². The van der Waals surface area contributed by atoms with E-state index in [1.165, 1.54) is 16.8 Å². The molecule has 0 saturated heterocycles. The summed E-state index contributed by atoms with van der Waals surface area (Å²) in [5.74, 6) is -1.69. The Hall–Kier alpha value is -4.06. The third-order valence-electron chi connectivity index (χ3n) is 4.62. The number of aromatic hydroxyl groups is 1. The van der Waals surface area contributed by atoms with Gasteiger partial charge in [-0.3, -0.25) is 23.9 Å². The summed E-state index contributed by atoms with van der Waals surface area (Å²) in [6, 6.07) is 20.4. The molecule has 6 heteroatoms. The lowest BCUT2D eigenvalue weighted by atomic mass is 10.0. The number of ketones is 2. The Morgan fingerprint density at radius 2 is 1.55 bits per heavy atom. The molecular formula is C23H16N2O4. The minimum absolute atomic E-state index is 0.129. The Morgan fingerprint density at radius 1 is 0.862 bits per heavy atom. The molecule has 0 amide bonds. The summed E-state index contributed by atoms with van der Waals surface area (Å²) in [4.78, 5) is 42.4. The number of carbonyl (C=O) groups is 2. The predicted octanol–water partition coefficient (Wildman–Crippen LogP) is 3.55. The Kier molecular flexibility index (Phi) is 4.75. The van der Waals surface area contributed by atoms with Gasteiger partial charge in [-0.15, -0.1) is 0 Å². The fraction of sp³-hybridized carbons (Fsp3) is 0.0435. The van der Waals surface area contributed by atoms with E-state index in [0.29, 0.717) is 16.6 Å². The van der Waals surface area contributed by atoms with Gasteiger partial charge in [0.05, 0.1) is 11.9 Å².